The van der Waals surface area contributed by atoms with Gasteiger partial charge < -0.3 is 9.88 Å². The highest BCUT2D eigenvalue weighted by Crippen LogP contribution is 2.40. The molecule has 2 aromatic heterocycles. The van der Waals surface area contributed by atoms with Crippen LogP contribution >= 0.6 is 0 Å². The van der Waals surface area contributed by atoms with E-state index in [0.717, 1.165) is 0 Å². The number of rotatable bonds is 3. The first-order chi connectivity index (χ1) is 10.9. The zero-order chi connectivity index (χ0) is 16.6. The molecule has 0 spiro atoms. The van der Waals surface area contributed by atoms with Crippen LogP contribution in [-0.4, -0.2) is 36.6 Å². The van der Waals surface area contributed by atoms with E-state index in [1.54, 1.807) is 19.3 Å². The van der Waals surface area contributed by atoms with Crippen molar-refractivity contribution in [1.29, 1.82) is 0 Å². The van der Waals surface area contributed by atoms with Crippen LogP contribution in [0.5, 0.6) is 0 Å². The van der Waals surface area contributed by atoms with E-state index in [9.17, 15) is 18.0 Å². The lowest BCUT2D eigenvalue weighted by molar-refractivity contribution is -0.156. The molecule has 2 aromatic rings. The van der Waals surface area contributed by atoms with Crippen LogP contribution in [0, 0.1) is 0 Å². The van der Waals surface area contributed by atoms with Gasteiger partial charge >= 0.3 is 6.18 Å². The average molecular weight is 328 g/mol. The van der Waals surface area contributed by atoms with Gasteiger partial charge in [0.2, 0.25) is 0 Å². The summed E-state index contributed by atoms with van der Waals surface area (Å²) in [6.45, 7) is 0.427. The van der Waals surface area contributed by atoms with Crippen molar-refractivity contribution in [3.05, 3.63) is 29.6 Å². The van der Waals surface area contributed by atoms with E-state index < -0.39 is 18.0 Å². The van der Waals surface area contributed by atoms with E-state index >= 15 is 0 Å². The van der Waals surface area contributed by atoms with Crippen molar-refractivity contribution >= 4 is 5.91 Å². The first-order valence-corrected chi connectivity index (χ1v) is 7.13. The maximum absolute atomic E-state index is 13.0. The fourth-order valence-corrected chi connectivity index (χ4v) is 2.66. The molecular weight excluding hydrogens is 313 g/mol. The summed E-state index contributed by atoms with van der Waals surface area (Å²) in [5.74, 6) is -1.76. The SMILES string of the molecule is Cn1ccc(C(=O)NCc2nnc3n2CCC[C@H]3C(F)(F)F)n1. The van der Waals surface area contributed by atoms with Gasteiger partial charge in [0, 0.05) is 19.8 Å². The third-order valence-electron chi connectivity index (χ3n) is 3.79. The molecule has 1 amide bonds. The molecular formula is C13H15F3N6O. The zero-order valence-corrected chi connectivity index (χ0v) is 12.3. The second-order valence-electron chi connectivity index (χ2n) is 5.42. The summed E-state index contributed by atoms with van der Waals surface area (Å²) in [6, 6.07) is 1.55. The molecule has 0 saturated heterocycles. The predicted octanol–water partition coefficient (Wildman–Crippen LogP) is 1.38. The van der Waals surface area contributed by atoms with Crippen molar-refractivity contribution in [2.45, 2.75) is 38.0 Å². The highest BCUT2D eigenvalue weighted by Gasteiger charge is 2.45. The van der Waals surface area contributed by atoms with Crippen LogP contribution in [0.3, 0.4) is 0 Å². The smallest absolute Gasteiger partial charge is 0.343 e. The number of halogens is 3. The Morgan fingerprint density at radius 3 is 2.87 bits per heavy atom. The highest BCUT2D eigenvalue weighted by molar-refractivity contribution is 5.91. The number of alkyl halides is 3. The van der Waals surface area contributed by atoms with Crippen LogP contribution < -0.4 is 5.32 Å². The quantitative estimate of drug-likeness (QED) is 0.923. The van der Waals surface area contributed by atoms with Crippen molar-refractivity contribution in [2.75, 3.05) is 0 Å². The molecule has 0 saturated carbocycles. The van der Waals surface area contributed by atoms with Crippen LogP contribution in [0.1, 0.15) is 40.9 Å². The normalized spacial score (nSPS) is 17.8. The minimum atomic E-state index is -4.33. The lowest BCUT2D eigenvalue weighted by Gasteiger charge is -2.25. The van der Waals surface area contributed by atoms with Crippen molar-refractivity contribution in [1.82, 2.24) is 29.9 Å². The summed E-state index contributed by atoms with van der Waals surface area (Å²) >= 11 is 0. The summed E-state index contributed by atoms with van der Waals surface area (Å²) in [5.41, 5.74) is 0.235. The van der Waals surface area contributed by atoms with Gasteiger partial charge in [-0.1, -0.05) is 0 Å². The van der Waals surface area contributed by atoms with Crippen molar-refractivity contribution in [3.63, 3.8) is 0 Å². The van der Waals surface area contributed by atoms with E-state index in [1.165, 1.54) is 9.25 Å². The van der Waals surface area contributed by atoms with Gasteiger partial charge in [-0.25, -0.2) is 0 Å². The molecule has 1 atom stereocenters. The molecule has 10 heteroatoms. The minimum Gasteiger partial charge on any atom is -0.343 e. The lowest BCUT2D eigenvalue weighted by Crippen LogP contribution is -2.30. The van der Waals surface area contributed by atoms with Gasteiger partial charge in [0.25, 0.3) is 5.91 Å². The maximum atomic E-state index is 13.0. The number of aryl methyl sites for hydroxylation is 1. The largest absolute Gasteiger partial charge is 0.398 e. The van der Waals surface area contributed by atoms with Gasteiger partial charge in [0.05, 0.1) is 6.54 Å². The molecule has 0 aliphatic carbocycles. The number of carbonyl (C=O) groups is 1. The number of carbonyl (C=O) groups excluding carboxylic acids is 1. The molecule has 23 heavy (non-hydrogen) atoms. The van der Waals surface area contributed by atoms with Gasteiger partial charge in [-0.15, -0.1) is 10.2 Å². The summed E-state index contributed by atoms with van der Waals surface area (Å²) in [4.78, 5) is 11.9. The van der Waals surface area contributed by atoms with Crippen LogP contribution in [0.25, 0.3) is 0 Å². The summed E-state index contributed by atoms with van der Waals surface area (Å²) in [7, 11) is 1.68. The van der Waals surface area contributed by atoms with E-state index in [4.69, 9.17) is 0 Å². The summed E-state index contributed by atoms with van der Waals surface area (Å²) < 4.78 is 41.9. The van der Waals surface area contributed by atoms with E-state index in [-0.39, 0.29) is 24.5 Å². The molecule has 3 heterocycles. The highest BCUT2D eigenvalue weighted by atomic mass is 19.4. The topological polar surface area (TPSA) is 77.6 Å². The molecule has 0 radical (unpaired) electrons. The Balaban J connectivity index is 1.73. The van der Waals surface area contributed by atoms with E-state index in [1.807, 2.05) is 0 Å². The number of hydrogen-bond donors (Lipinski definition) is 1. The predicted molar refractivity (Wildman–Crippen MR) is 72.4 cm³/mol. The van der Waals surface area contributed by atoms with Crippen molar-refractivity contribution < 1.29 is 18.0 Å². The number of fused-ring (bicyclic) bond motifs is 1. The van der Waals surface area contributed by atoms with Crippen molar-refractivity contribution in [3.8, 4) is 0 Å². The number of nitrogens with one attached hydrogen (secondary N) is 1. The van der Waals surface area contributed by atoms with Crippen molar-refractivity contribution in [2.24, 2.45) is 7.05 Å². The average Bonchev–Trinajstić information content (AvgIpc) is 3.09. The molecule has 124 valence electrons. The van der Waals surface area contributed by atoms with Crippen LogP contribution in [-0.2, 0) is 20.1 Å². The Bertz CT molecular complexity index is 720. The number of nitrogens with zero attached hydrogens (tertiary/aromatic N) is 5. The molecule has 3 rings (SSSR count). The van der Waals surface area contributed by atoms with Gasteiger partial charge in [0.1, 0.15) is 17.4 Å². The molecule has 0 bridgehead atoms. The van der Waals surface area contributed by atoms with Gasteiger partial charge in [-0.3, -0.25) is 9.48 Å². The molecule has 1 N–H and O–H groups in total. The van der Waals surface area contributed by atoms with Gasteiger partial charge in [-0.05, 0) is 18.9 Å². The Labute approximate surface area is 129 Å². The summed E-state index contributed by atoms with van der Waals surface area (Å²) in [6.07, 6.45) is -2.29. The molecule has 0 unspecified atom stereocenters. The Kier molecular flexibility index (Phi) is 3.82. The van der Waals surface area contributed by atoms with Crippen LogP contribution in [0.4, 0.5) is 13.2 Å². The molecule has 1 aliphatic heterocycles. The fourth-order valence-electron chi connectivity index (χ4n) is 2.66. The Morgan fingerprint density at radius 2 is 2.22 bits per heavy atom. The molecule has 7 nitrogen and oxygen atoms in total. The Hall–Kier alpha value is -2.39. The second-order valence-corrected chi connectivity index (χ2v) is 5.42. The molecule has 1 aliphatic rings. The monoisotopic (exact) mass is 328 g/mol. The first kappa shape index (κ1) is 15.5. The Morgan fingerprint density at radius 1 is 1.43 bits per heavy atom. The van der Waals surface area contributed by atoms with E-state index in [0.29, 0.717) is 18.8 Å². The molecule has 0 aromatic carbocycles. The fraction of sp³-hybridized carbons (Fsp3) is 0.538. The van der Waals surface area contributed by atoms with E-state index in [2.05, 4.69) is 20.6 Å². The number of aromatic nitrogens is 5. The number of amides is 1. The minimum absolute atomic E-state index is 0.00693. The van der Waals surface area contributed by atoms with Gasteiger partial charge in [0.15, 0.2) is 5.82 Å². The maximum Gasteiger partial charge on any atom is 0.398 e. The van der Waals surface area contributed by atoms with Gasteiger partial charge in [-0.2, -0.15) is 18.3 Å². The van der Waals surface area contributed by atoms with Crippen LogP contribution in [0.15, 0.2) is 12.3 Å². The lowest BCUT2D eigenvalue weighted by atomic mass is 9.98. The van der Waals surface area contributed by atoms with Crippen LogP contribution in [0.2, 0.25) is 0 Å². The molecule has 0 fully saturated rings. The third-order valence-corrected chi connectivity index (χ3v) is 3.79. The summed E-state index contributed by atoms with van der Waals surface area (Å²) in [5, 5.41) is 14.0. The number of hydrogen-bond acceptors (Lipinski definition) is 4. The standard InChI is InChI=1S/C13H15F3N6O/c1-21-6-4-9(20-21)12(23)17-7-10-18-19-11-8(13(14,15)16)3-2-5-22(10)11/h4,6,8H,2-3,5,7H2,1H3,(H,17,23)/t8-/m1/s1. The zero-order valence-electron chi connectivity index (χ0n) is 12.3. The second kappa shape index (κ2) is 5.67. The first-order valence-electron chi connectivity index (χ1n) is 7.13. The third kappa shape index (κ3) is 3.06.